The standard InChI is InChI=1S/C8H7NO2S/c1-12-8-5-7(11-9-8)6-3-2-4-10-6/h2-5H,1H3. The molecule has 0 atom stereocenters. The summed E-state index contributed by atoms with van der Waals surface area (Å²) in [7, 11) is 0. The number of nitrogens with zero attached hydrogens (tertiary/aromatic N) is 1. The van der Waals surface area contributed by atoms with E-state index < -0.39 is 0 Å². The zero-order valence-electron chi connectivity index (χ0n) is 6.48. The highest BCUT2D eigenvalue weighted by Crippen LogP contribution is 2.23. The summed E-state index contributed by atoms with van der Waals surface area (Å²) in [4.78, 5) is 0. The first-order valence-corrected chi connectivity index (χ1v) is 4.67. The Morgan fingerprint density at radius 2 is 2.33 bits per heavy atom. The molecule has 0 fully saturated rings. The third kappa shape index (κ3) is 1.25. The highest BCUT2D eigenvalue weighted by molar-refractivity contribution is 7.98. The van der Waals surface area contributed by atoms with Gasteiger partial charge in [-0.1, -0.05) is 5.16 Å². The van der Waals surface area contributed by atoms with Crippen LogP contribution in [0.3, 0.4) is 0 Å². The van der Waals surface area contributed by atoms with Crippen LogP contribution in [-0.2, 0) is 0 Å². The van der Waals surface area contributed by atoms with Gasteiger partial charge in [0.2, 0.25) is 5.76 Å². The van der Waals surface area contributed by atoms with Gasteiger partial charge in [0.15, 0.2) is 5.76 Å². The lowest BCUT2D eigenvalue weighted by molar-refractivity contribution is 0.403. The third-order valence-corrected chi connectivity index (χ3v) is 2.07. The monoisotopic (exact) mass is 181 g/mol. The fourth-order valence-corrected chi connectivity index (χ4v) is 1.23. The van der Waals surface area contributed by atoms with Crippen molar-refractivity contribution in [2.75, 3.05) is 6.26 Å². The van der Waals surface area contributed by atoms with Gasteiger partial charge < -0.3 is 8.94 Å². The van der Waals surface area contributed by atoms with Gasteiger partial charge in [-0.2, -0.15) is 0 Å². The average Bonchev–Trinajstić information content (AvgIpc) is 2.75. The molecular formula is C8H7NO2S. The molecule has 62 valence electrons. The van der Waals surface area contributed by atoms with E-state index in [0.717, 1.165) is 5.03 Å². The van der Waals surface area contributed by atoms with Gasteiger partial charge in [0.1, 0.15) is 5.03 Å². The predicted octanol–water partition coefficient (Wildman–Crippen LogP) is 2.66. The van der Waals surface area contributed by atoms with Gasteiger partial charge in [0, 0.05) is 6.07 Å². The Morgan fingerprint density at radius 3 is 2.92 bits per heavy atom. The van der Waals surface area contributed by atoms with E-state index in [9.17, 15) is 0 Å². The van der Waals surface area contributed by atoms with Crippen LogP contribution in [0.25, 0.3) is 11.5 Å². The molecule has 2 aromatic rings. The maximum atomic E-state index is 5.13. The molecule has 0 unspecified atom stereocenters. The summed E-state index contributed by atoms with van der Waals surface area (Å²) in [6, 6.07) is 5.50. The minimum Gasteiger partial charge on any atom is -0.461 e. The maximum absolute atomic E-state index is 5.13. The number of furan rings is 1. The van der Waals surface area contributed by atoms with Crippen molar-refractivity contribution >= 4 is 11.8 Å². The zero-order chi connectivity index (χ0) is 8.39. The van der Waals surface area contributed by atoms with Gasteiger partial charge in [-0.3, -0.25) is 0 Å². The van der Waals surface area contributed by atoms with Crippen molar-refractivity contribution in [3.8, 4) is 11.5 Å². The molecule has 0 radical (unpaired) electrons. The van der Waals surface area contributed by atoms with Gasteiger partial charge >= 0.3 is 0 Å². The molecule has 4 heteroatoms. The van der Waals surface area contributed by atoms with Gasteiger partial charge in [-0.25, -0.2) is 0 Å². The topological polar surface area (TPSA) is 39.2 Å². The highest BCUT2D eigenvalue weighted by atomic mass is 32.2. The van der Waals surface area contributed by atoms with Crippen LogP contribution in [0, 0.1) is 0 Å². The first-order chi connectivity index (χ1) is 5.90. The Bertz CT molecular complexity index is 353. The Kier molecular flexibility index (Phi) is 1.91. The van der Waals surface area contributed by atoms with E-state index in [1.807, 2.05) is 24.5 Å². The molecule has 12 heavy (non-hydrogen) atoms. The van der Waals surface area contributed by atoms with Gasteiger partial charge in [0.05, 0.1) is 6.26 Å². The molecule has 2 heterocycles. The molecule has 0 aromatic carbocycles. The first kappa shape index (κ1) is 7.49. The highest BCUT2D eigenvalue weighted by Gasteiger charge is 2.07. The number of hydrogen-bond donors (Lipinski definition) is 0. The fraction of sp³-hybridized carbons (Fsp3) is 0.125. The second-order valence-corrected chi connectivity index (χ2v) is 3.04. The van der Waals surface area contributed by atoms with Crippen molar-refractivity contribution in [2.24, 2.45) is 0 Å². The lowest BCUT2D eigenvalue weighted by Crippen LogP contribution is -1.63. The van der Waals surface area contributed by atoms with Crippen molar-refractivity contribution in [3.63, 3.8) is 0 Å². The third-order valence-electron chi connectivity index (χ3n) is 1.46. The van der Waals surface area contributed by atoms with Crippen molar-refractivity contribution in [1.82, 2.24) is 5.16 Å². The Hall–Kier alpha value is -1.16. The summed E-state index contributed by atoms with van der Waals surface area (Å²) >= 11 is 1.54. The van der Waals surface area contributed by atoms with Gasteiger partial charge in [-0.05, 0) is 18.4 Å². The molecule has 0 spiro atoms. The molecule has 0 aliphatic carbocycles. The summed E-state index contributed by atoms with van der Waals surface area (Å²) in [5, 5.41) is 4.68. The summed E-state index contributed by atoms with van der Waals surface area (Å²) < 4.78 is 10.2. The van der Waals surface area contributed by atoms with E-state index in [-0.39, 0.29) is 0 Å². The van der Waals surface area contributed by atoms with E-state index in [1.54, 1.807) is 18.0 Å². The summed E-state index contributed by atoms with van der Waals surface area (Å²) in [6.45, 7) is 0. The number of aromatic nitrogens is 1. The molecule has 2 rings (SSSR count). The molecule has 0 aliphatic heterocycles. The summed E-state index contributed by atoms with van der Waals surface area (Å²) in [5.41, 5.74) is 0. The molecule has 0 N–H and O–H groups in total. The molecule has 0 bridgehead atoms. The molecule has 0 aliphatic rings. The Labute approximate surface area is 73.7 Å². The average molecular weight is 181 g/mol. The quantitative estimate of drug-likeness (QED) is 0.667. The maximum Gasteiger partial charge on any atom is 0.203 e. The molecule has 3 nitrogen and oxygen atoms in total. The van der Waals surface area contributed by atoms with Crippen LogP contribution in [0.1, 0.15) is 0 Å². The summed E-state index contributed by atoms with van der Waals surface area (Å²) in [6.07, 6.45) is 3.56. The van der Waals surface area contributed by atoms with Crippen molar-refractivity contribution in [1.29, 1.82) is 0 Å². The van der Waals surface area contributed by atoms with E-state index >= 15 is 0 Å². The molecule has 0 saturated carbocycles. The summed E-state index contributed by atoms with van der Waals surface area (Å²) in [5.74, 6) is 1.38. The zero-order valence-corrected chi connectivity index (χ0v) is 7.30. The fourth-order valence-electron chi connectivity index (χ4n) is 0.890. The van der Waals surface area contributed by atoms with E-state index in [2.05, 4.69) is 5.16 Å². The minimum atomic E-state index is 0.671. The van der Waals surface area contributed by atoms with Crippen LogP contribution < -0.4 is 0 Å². The number of rotatable bonds is 2. The Morgan fingerprint density at radius 1 is 1.42 bits per heavy atom. The van der Waals surface area contributed by atoms with Crippen LogP contribution in [0.4, 0.5) is 0 Å². The van der Waals surface area contributed by atoms with Crippen molar-refractivity contribution < 1.29 is 8.94 Å². The SMILES string of the molecule is CSc1cc(-c2ccco2)on1. The van der Waals surface area contributed by atoms with Crippen LogP contribution in [-0.4, -0.2) is 11.4 Å². The molecular weight excluding hydrogens is 174 g/mol. The van der Waals surface area contributed by atoms with Crippen LogP contribution in [0.15, 0.2) is 38.4 Å². The predicted molar refractivity (Wildman–Crippen MR) is 46.0 cm³/mol. The second kappa shape index (κ2) is 3.06. The van der Waals surface area contributed by atoms with Crippen LogP contribution >= 0.6 is 11.8 Å². The number of hydrogen-bond acceptors (Lipinski definition) is 4. The van der Waals surface area contributed by atoms with Gasteiger partial charge in [-0.15, -0.1) is 11.8 Å². The molecule has 0 amide bonds. The lowest BCUT2D eigenvalue weighted by Gasteiger charge is -1.83. The normalized spacial score (nSPS) is 10.4. The van der Waals surface area contributed by atoms with Crippen LogP contribution in [0.5, 0.6) is 0 Å². The largest absolute Gasteiger partial charge is 0.461 e. The first-order valence-electron chi connectivity index (χ1n) is 3.45. The lowest BCUT2D eigenvalue weighted by atomic mass is 10.3. The smallest absolute Gasteiger partial charge is 0.203 e. The van der Waals surface area contributed by atoms with Gasteiger partial charge in [0.25, 0.3) is 0 Å². The van der Waals surface area contributed by atoms with E-state index in [0.29, 0.717) is 11.5 Å². The Balaban J connectivity index is 2.35. The molecule has 2 aromatic heterocycles. The minimum absolute atomic E-state index is 0.671. The number of thioether (sulfide) groups is 1. The van der Waals surface area contributed by atoms with Crippen molar-refractivity contribution in [2.45, 2.75) is 5.03 Å². The van der Waals surface area contributed by atoms with E-state index in [1.165, 1.54) is 0 Å². The second-order valence-electron chi connectivity index (χ2n) is 2.21. The van der Waals surface area contributed by atoms with Crippen molar-refractivity contribution in [3.05, 3.63) is 24.5 Å². The van der Waals surface area contributed by atoms with Crippen LogP contribution in [0.2, 0.25) is 0 Å². The van der Waals surface area contributed by atoms with E-state index in [4.69, 9.17) is 8.94 Å². The molecule has 0 saturated heterocycles.